The molecule has 2 rings (SSSR count). The van der Waals surface area contributed by atoms with Crippen LogP contribution in [0.15, 0.2) is 53.1 Å². The van der Waals surface area contributed by atoms with Gasteiger partial charge in [-0.1, -0.05) is 30.3 Å². The lowest BCUT2D eigenvalue weighted by molar-refractivity contribution is -0.121. The number of carbonyl (C=O) groups excluding carboxylic acids is 3. The average molecular weight is 286 g/mol. The van der Waals surface area contributed by atoms with Crippen LogP contribution in [0.1, 0.15) is 33.8 Å². The summed E-state index contributed by atoms with van der Waals surface area (Å²) in [6.07, 6.45) is 1.42. The second-order valence-corrected chi connectivity index (χ2v) is 4.27. The summed E-state index contributed by atoms with van der Waals surface area (Å²) in [5.74, 6) is -1.03. The molecule has 2 N–H and O–H groups in total. The lowest BCUT2D eigenvalue weighted by atomic mass is 10.1. The normalized spacial score (nSPS) is 9.90. The number of hydrogen-bond donors (Lipinski definition) is 2. The van der Waals surface area contributed by atoms with Crippen LogP contribution in [-0.4, -0.2) is 17.6 Å². The molecule has 0 spiro atoms. The Hall–Kier alpha value is -2.89. The fourth-order valence-corrected chi connectivity index (χ4v) is 1.65. The van der Waals surface area contributed by atoms with Crippen LogP contribution in [0.2, 0.25) is 0 Å². The van der Waals surface area contributed by atoms with Gasteiger partial charge in [-0.05, 0) is 12.1 Å². The van der Waals surface area contributed by atoms with E-state index < -0.39 is 11.8 Å². The van der Waals surface area contributed by atoms with Crippen LogP contribution in [-0.2, 0) is 4.79 Å². The molecule has 1 aromatic heterocycles. The van der Waals surface area contributed by atoms with E-state index in [4.69, 9.17) is 4.42 Å². The van der Waals surface area contributed by atoms with Crippen molar-refractivity contribution in [1.82, 2.24) is 10.9 Å². The Kier molecular flexibility index (Phi) is 4.87. The summed E-state index contributed by atoms with van der Waals surface area (Å²) < 4.78 is 4.87. The SMILES string of the molecule is O=C(CCC(=O)c1ccccc1)NNC(=O)c1ccco1. The molecule has 108 valence electrons. The zero-order valence-electron chi connectivity index (χ0n) is 11.2. The average Bonchev–Trinajstić information content (AvgIpc) is 3.05. The first-order valence-electron chi connectivity index (χ1n) is 6.38. The summed E-state index contributed by atoms with van der Waals surface area (Å²) in [6, 6.07) is 11.8. The molecule has 0 unspecified atom stereocenters. The maximum Gasteiger partial charge on any atom is 0.305 e. The van der Waals surface area contributed by atoms with Gasteiger partial charge in [0.05, 0.1) is 6.26 Å². The summed E-state index contributed by atoms with van der Waals surface area (Å²) in [5, 5.41) is 0. The molecule has 0 radical (unpaired) electrons. The Labute approximate surface area is 121 Å². The van der Waals surface area contributed by atoms with Gasteiger partial charge in [0.1, 0.15) is 0 Å². The molecule has 2 aromatic rings. The number of nitrogens with one attached hydrogen (secondary N) is 2. The number of carbonyl (C=O) groups is 3. The van der Waals surface area contributed by atoms with Gasteiger partial charge in [0, 0.05) is 18.4 Å². The number of ketones is 1. The van der Waals surface area contributed by atoms with E-state index in [0.717, 1.165) is 0 Å². The number of hydrogen-bond acceptors (Lipinski definition) is 4. The van der Waals surface area contributed by atoms with E-state index in [-0.39, 0.29) is 24.4 Å². The third-order valence-corrected chi connectivity index (χ3v) is 2.74. The summed E-state index contributed by atoms with van der Waals surface area (Å²) in [4.78, 5) is 34.8. The molecular formula is C15H14N2O4. The van der Waals surface area contributed by atoms with Crippen molar-refractivity contribution in [3.05, 3.63) is 60.1 Å². The number of rotatable bonds is 5. The highest BCUT2D eigenvalue weighted by molar-refractivity contribution is 5.98. The van der Waals surface area contributed by atoms with Crippen LogP contribution in [0, 0.1) is 0 Å². The smallest absolute Gasteiger partial charge is 0.305 e. The third kappa shape index (κ3) is 4.31. The molecule has 0 saturated carbocycles. The summed E-state index contributed by atoms with van der Waals surface area (Å²) >= 11 is 0. The standard InChI is InChI=1S/C15H14N2O4/c18-12(11-5-2-1-3-6-11)8-9-14(19)16-17-15(20)13-7-4-10-21-13/h1-7,10H,8-9H2,(H,16,19)(H,17,20). The van der Waals surface area contributed by atoms with Gasteiger partial charge < -0.3 is 4.42 Å². The molecule has 6 heteroatoms. The highest BCUT2D eigenvalue weighted by Gasteiger charge is 2.11. The molecular weight excluding hydrogens is 272 g/mol. The predicted molar refractivity (Wildman–Crippen MR) is 74.3 cm³/mol. The topological polar surface area (TPSA) is 88.4 Å². The zero-order valence-corrected chi connectivity index (χ0v) is 11.2. The van der Waals surface area contributed by atoms with E-state index in [2.05, 4.69) is 10.9 Å². The lowest BCUT2D eigenvalue weighted by Crippen LogP contribution is -2.41. The third-order valence-electron chi connectivity index (χ3n) is 2.74. The molecule has 0 aliphatic rings. The van der Waals surface area contributed by atoms with Crippen LogP contribution in [0.25, 0.3) is 0 Å². The summed E-state index contributed by atoms with van der Waals surface area (Å²) in [7, 11) is 0. The number of Topliss-reactive ketones (excluding diaryl/α,β-unsaturated/α-hetero) is 1. The molecule has 6 nitrogen and oxygen atoms in total. The van der Waals surface area contributed by atoms with E-state index in [9.17, 15) is 14.4 Å². The molecule has 0 fully saturated rings. The number of benzene rings is 1. The molecule has 0 aliphatic heterocycles. The van der Waals surface area contributed by atoms with Gasteiger partial charge in [-0.15, -0.1) is 0 Å². The number of hydrazine groups is 1. The first-order chi connectivity index (χ1) is 10.2. The highest BCUT2D eigenvalue weighted by atomic mass is 16.3. The molecule has 0 saturated heterocycles. The second-order valence-electron chi connectivity index (χ2n) is 4.27. The van der Waals surface area contributed by atoms with E-state index in [0.29, 0.717) is 5.56 Å². The van der Waals surface area contributed by atoms with Crippen molar-refractivity contribution in [3.63, 3.8) is 0 Å². The van der Waals surface area contributed by atoms with E-state index in [1.165, 1.54) is 12.3 Å². The molecule has 0 aliphatic carbocycles. The number of furan rings is 1. The summed E-state index contributed by atoms with van der Waals surface area (Å²) in [6.45, 7) is 0. The van der Waals surface area contributed by atoms with Crippen LogP contribution in [0.3, 0.4) is 0 Å². The fourth-order valence-electron chi connectivity index (χ4n) is 1.65. The van der Waals surface area contributed by atoms with Gasteiger partial charge in [0.15, 0.2) is 11.5 Å². The maximum absolute atomic E-state index is 11.8. The van der Waals surface area contributed by atoms with Crippen LogP contribution in [0.5, 0.6) is 0 Å². The van der Waals surface area contributed by atoms with Gasteiger partial charge in [-0.2, -0.15) is 0 Å². The van der Waals surface area contributed by atoms with Crippen LogP contribution in [0.4, 0.5) is 0 Å². The minimum absolute atomic E-state index is 0.00778. The molecule has 1 heterocycles. The largest absolute Gasteiger partial charge is 0.459 e. The second kappa shape index (κ2) is 7.04. The van der Waals surface area contributed by atoms with E-state index >= 15 is 0 Å². The monoisotopic (exact) mass is 286 g/mol. The van der Waals surface area contributed by atoms with Crippen molar-refractivity contribution < 1.29 is 18.8 Å². The van der Waals surface area contributed by atoms with Crippen LogP contribution >= 0.6 is 0 Å². The highest BCUT2D eigenvalue weighted by Crippen LogP contribution is 2.04. The summed E-state index contributed by atoms with van der Waals surface area (Å²) in [5.41, 5.74) is 4.99. The van der Waals surface area contributed by atoms with Crippen molar-refractivity contribution in [2.45, 2.75) is 12.8 Å². The van der Waals surface area contributed by atoms with Gasteiger partial charge in [0.25, 0.3) is 0 Å². The lowest BCUT2D eigenvalue weighted by Gasteiger charge is -2.05. The Morgan fingerprint density at radius 3 is 2.33 bits per heavy atom. The van der Waals surface area contributed by atoms with Crippen LogP contribution < -0.4 is 10.9 Å². The Morgan fingerprint density at radius 1 is 0.905 bits per heavy atom. The Balaban J connectivity index is 1.73. The first kappa shape index (κ1) is 14.5. The van der Waals surface area contributed by atoms with Crippen molar-refractivity contribution in [2.24, 2.45) is 0 Å². The van der Waals surface area contributed by atoms with Gasteiger partial charge in [-0.25, -0.2) is 0 Å². The minimum Gasteiger partial charge on any atom is -0.459 e. The fraction of sp³-hybridized carbons (Fsp3) is 0.133. The van der Waals surface area contributed by atoms with E-state index in [1.807, 2.05) is 6.07 Å². The van der Waals surface area contributed by atoms with Gasteiger partial charge in [-0.3, -0.25) is 25.2 Å². The minimum atomic E-state index is -0.553. The van der Waals surface area contributed by atoms with Gasteiger partial charge in [0.2, 0.25) is 5.91 Å². The molecule has 21 heavy (non-hydrogen) atoms. The molecule has 1 aromatic carbocycles. The maximum atomic E-state index is 11.8. The molecule has 2 amide bonds. The molecule has 0 atom stereocenters. The Morgan fingerprint density at radius 2 is 1.67 bits per heavy atom. The van der Waals surface area contributed by atoms with Gasteiger partial charge >= 0.3 is 5.91 Å². The zero-order chi connectivity index (χ0) is 15.1. The van der Waals surface area contributed by atoms with Crippen molar-refractivity contribution >= 4 is 17.6 Å². The Bertz CT molecular complexity index is 620. The van der Waals surface area contributed by atoms with Crippen molar-refractivity contribution in [2.75, 3.05) is 0 Å². The van der Waals surface area contributed by atoms with Crippen molar-refractivity contribution in [1.29, 1.82) is 0 Å². The molecule has 0 bridgehead atoms. The predicted octanol–water partition coefficient (Wildman–Crippen LogP) is 1.70. The first-order valence-corrected chi connectivity index (χ1v) is 6.38. The quantitative estimate of drug-likeness (QED) is 0.647. The van der Waals surface area contributed by atoms with Crippen molar-refractivity contribution in [3.8, 4) is 0 Å². The van der Waals surface area contributed by atoms with E-state index in [1.54, 1.807) is 30.3 Å². The number of amides is 2.